The zero-order valence-corrected chi connectivity index (χ0v) is 16.7. The number of halogens is 2. The van der Waals surface area contributed by atoms with Crippen LogP contribution in [0.1, 0.15) is 26.3 Å². The standard InChI is InChI=1S/C22H15ClFNO6/c23-17-10-9-14(13-19(17)25(28)29)21(26)15-5-1-2-6-16(15)22(27)31-12-11-30-20-8-4-3-7-18(20)24/h1-10,13H,11-12H2. The van der Waals surface area contributed by atoms with Crippen molar-refractivity contribution < 1.29 is 28.4 Å². The van der Waals surface area contributed by atoms with E-state index in [2.05, 4.69) is 0 Å². The Bertz CT molecular complexity index is 1150. The molecule has 0 saturated heterocycles. The number of ether oxygens (including phenoxy) is 2. The minimum Gasteiger partial charge on any atom is -0.487 e. The van der Waals surface area contributed by atoms with Crippen LogP contribution in [0.4, 0.5) is 10.1 Å². The molecule has 0 spiro atoms. The van der Waals surface area contributed by atoms with E-state index in [0.717, 1.165) is 6.07 Å². The van der Waals surface area contributed by atoms with Crippen molar-refractivity contribution in [1.82, 2.24) is 0 Å². The highest BCUT2D eigenvalue weighted by Crippen LogP contribution is 2.27. The number of nitrogens with zero attached hydrogens (tertiary/aromatic N) is 1. The van der Waals surface area contributed by atoms with Gasteiger partial charge in [-0.2, -0.15) is 0 Å². The normalized spacial score (nSPS) is 10.4. The van der Waals surface area contributed by atoms with E-state index in [1.54, 1.807) is 18.2 Å². The Kier molecular flexibility index (Phi) is 6.94. The van der Waals surface area contributed by atoms with Crippen LogP contribution in [0.25, 0.3) is 0 Å². The van der Waals surface area contributed by atoms with E-state index < -0.39 is 28.2 Å². The molecule has 0 amide bonds. The third-order valence-electron chi connectivity index (χ3n) is 4.21. The summed E-state index contributed by atoms with van der Waals surface area (Å²) < 4.78 is 23.9. The summed E-state index contributed by atoms with van der Waals surface area (Å²) in [5.41, 5.74) is -0.424. The van der Waals surface area contributed by atoms with Gasteiger partial charge in [0.15, 0.2) is 17.3 Å². The molecule has 3 aromatic carbocycles. The summed E-state index contributed by atoms with van der Waals surface area (Å²) in [5, 5.41) is 11.0. The van der Waals surface area contributed by atoms with Gasteiger partial charge in [0.1, 0.15) is 18.2 Å². The van der Waals surface area contributed by atoms with Crippen molar-refractivity contribution in [3.05, 3.63) is 104 Å². The van der Waals surface area contributed by atoms with Crippen LogP contribution in [0.3, 0.4) is 0 Å². The fraction of sp³-hybridized carbons (Fsp3) is 0.0909. The summed E-state index contributed by atoms with van der Waals surface area (Å²) in [6.07, 6.45) is 0. The van der Waals surface area contributed by atoms with Crippen LogP contribution in [-0.4, -0.2) is 29.9 Å². The van der Waals surface area contributed by atoms with E-state index in [1.165, 1.54) is 42.5 Å². The van der Waals surface area contributed by atoms with E-state index >= 15 is 0 Å². The number of rotatable bonds is 8. The van der Waals surface area contributed by atoms with Crippen LogP contribution in [0.15, 0.2) is 66.7 Å². The molecule has 7 nitrogen and oxygen atoms in total. The molecule has 158 valence electrons. The fourth-order valence-electron chi connectivity index (χ4n) is 2.73. The number of nitro groups is 1. The van der Waals surface area contributed by atoms with E-state index in [1.807, 2.05) is 0 Å². The molecule has 3 aromatic rings. The summed E-state index contributed by atoms with van der Waals surface area (Å²) in [5.74, 6) is -1.90. The predicted molar refractivity (Wildman–Crippen MR) is 110 cm³/mol. The molecular formula is C22H15ClFNO6. The highest BCUT2D eigenvalue weighted by molar-refractivity contribution is 6.33. The number of benzene rings is 3. The van der Waals surface area contributed by atoms with Crippen molar-refractivity contribution in [2.75, 3.05) is 13.2 Å². The van der Waals surface area contributed by atoms with Crippen LogP contribution in [0.2, 0.25) is 5.02 Å². The summed E-state index contributed by atoms with van der Waals surface area (Å²) in [4.78, 5) is 35.7. The molecule has 0 fully saturated rings. The van der Waals surface area contributed by atoms with Gasteiger partial charge in [-0.25, -0.2) is 9.18 Å². The van der Waals surface area contributed by atoms with E-state index in [9.17, 15) is 24.1 Å². The second-order valence-corrected chi connectivity index (χ2v) is 6.62. The Morgan fingerprint density at radius 2 is 1.65 bits per heavy atom. The van der Waals surface area contributed by atoms with Gasteiger partial charge in [-0.15, -0.1) is 0 Å². The van der Waals surface area contributed by atoms with Gasteiger partial charge in [-0.05, 0) is 30.3 Å². The van der Waals surface area contributed by atoms with Crippen LogP contribution >= 0.6 is 11.6 Å². The Hall–Kier alpha value is -3.78. The lowest BCUT2D eigenvalue weighted by atomic mass is 9.98. The number of ketones is 1. The maximum absolute atomic E-state index is 13.5. The number of hydrogen-bond acceptors (Lipinski definition) is 6. The predicted octanol–water partition coefficient (Wildman–Crippen LogP) is 4.85. The molecule has 0 aliphatic carbocycles. The number of para-hydroxylation sites is 1. The van der Waals surface area contributed by atoms with Crippen molar-refractivity contribution >= 4 is 29.0 Å². The quantitative estimate of drug-likeness (QED) is 0.162. The van der Waals surface area contributed by atoms with Crippen LogP contribution < -0.4 is 4.74 Å². The third-order valence-corrected chi connectivity index (χ3v) is 4.53. The monoisotopic (exact) mass is 443 g/mol. The Morgan fingerprint density at radius 1 is 0.968 bits per heavy atom. The van der Waals surface area contributed by atoms with Gasteiger partial charge in [0.05, 0.1) is 10.5 Å². The first-order valence-electron chi connectivity index (χ1n) is 9.00. The molecule has 0 atom stereocenters. The summed E-state index contributed by atoms with van der Waals surface area (Å²) in [6, 6.07) is 15.3. The molecule has 9 heteroatoms. The largest absolute Gasteiger partial charge is 0.487 e. The van der Waals surface area contributed by atoms with Gasteiger partial charge < -0.3 is 9.47 Å². The van der Waals surface area contributed by atoms with Gasteiger partial charge >= 0.3 is 5.97 Å². The highest BCUT2D eigenvalue weighted by atomic mass is 35.5. The average Bonchev–Trinajstić information content (AvgIpc) is 2.77. The van der Waals surface area contributed by atoms with Crippen molar-refractivity contribution in [2.45, 2.75) is 0 Å². The zero-order valence-electron chi connectivity index (χ0n) is 15.9. The second kappa shape index (κ2) is 9.82. The van der Waals surface area contributed by atoms with Crippen molar-refractivity contribution in [3.63, 3.8) is 0 Å². The summed E-state index contributed by atoms with van der Waals surface area (Å²) >= 11 is 5.79. The number of carbonyl (C=O) groups is 2. The molecule has 3 rings (SSSR count). The highest BCUT2D eigenvalue weighted by Gasteiger charge is 2.22. The van der Waals surface area contributed by atoms with Crippen molar-refractivity contribution in [1.29, 1.82) is 0 Å². The molecule has 0 bridgehead atoms. The van der Waals surface area contributed by atoms with Crippen LogP contribution in [0, 0.1) is 15.9 Å². The number of nitro benzene ring substituents is 1. The number of carbonyl (C=O) groups excluding carboxylic acids is 2. The molecule has 0 radical (unpaired) electrons. The van der Waals surface area contributed by atoms with Gasteiger partial charge in [-0.1, -0.05) is 41.9 Å². The van der Waals surface area contributed by atoms with Crippen molar-refractivity contribution in [3.8, 4) is 5.75 Å². The van der Waals surface area contributed by atoms with Gasteiger partial charge in [0.25, 0.3) is 5.69 Å². The van der Waals surface area contributed by atoms with Crippen LogP contribution in [0.5, 0.6) is 5.75 Å². The molecule has 0 unspecified atom stereocenters. The molecule has 0 aromatic heterocycles. The zero-order chi connectivity index (χ0) is 22.4. The lowest BCUT2D eigenvalue weighted by Crippen LogP contribution is -2.16. The first-order valence-corrected chi connectivity index (χ1v) is 9.38. The minimum absolute atomic E-state index is 0.000707. The maximum Gasteiger partial charge on any atom is 0.339 e. The maximum atomic E-state index is 13.5. The smallest absolute Gasteiger partial charge is 0.339 e. The first kappa shape index (κ1) is 21.9. The van der Waals surface area contributed by atoms with Gasteiger partial charge in [0.2, 0.25) is 0 Å². The minimum atomic E-state index is -0.787. The number of hydrogen-bond donors (Lipinski definition) is 0. The van der Waals surface area contributed by atoms with E-state index in [4.69, 9.17) is 21.1 Å². The molecule has 0 N–H and O–H groups in total. The molecule has 0 heterocycles. The number of esters is 1. The topological polar surface area (TPSA) is 95.7 Å². The second-order valence-electron chi connectivity index (χ2n) is 6.21. The molecular weight excluding hydrogens is 429 g/mol. The lowest BCUT2D eigenvalue weighted by Gasteiger charge is -2.10. The van der Waals surface area contributed by atoms with Crippen molar-refractivity contribution in [2.24, 2.45) is 0 Å². The Labute approximate surface area is 181 Å². The van der Waals surface area contributed by atoms with Crippen LogP contribution in [-0.2, 0) is 4.74 Å². The SMILES string of the molecule is O=C(OCCOc1ccccc1F)c1ccccc1C(=O)c1ccc(Cl)c([N+](=O)[O-])c1. The molecule has 31 heavy (non-hydrogen) atoms. The Balaban J connectivity index is 1.71. The Morgan fingerprint density at radius 3 is 2.35 bits per heavy atom. The summed E-state index contributed by atoms with van der Waals surface area (Å²) in [6.45, 7) is -0.270. The molecule has 0 saturated carbocycles. The molecule has 0 aliphatic heterocycles. The lowest BCUT2D eigenvalue weighted by molar-refractivity contribution is -0.384. The van der Waals surface area contributed by atoms with E-state index in [-0.39, 0.29) is 40.7 Å². The van der Waals surface area contributed by atoms with Gasteiger partial charge in [0, 0.05) is 17.2 Å². The van der Waals surface area contributed by atoms with E-state index in [0.29, 0.717) is 0 Å². The average molecular weight is 444 g/mol. The van der Waals surface area contributed by atoms with Gasteiger partial charge in [-0.3, -0.25) is 14.9 Å². The molecule has 0 aliphatic rings. The first-order chi connectivity index (χ1) is 14.9. The summed E-state index contributed by atoms with van der Waals surface area (Å²) in [7, 11) is 0. The third kappa shape index (κ3) is 5.23. The fourth-order valence-corrected chi connectivity index (χ4v) is 2.92.